The van der Waals surface area contributed by atoms with Crippen LogP contribution in [0.1, 0.15) is 6.42 Å². The number of carbonyl (C=O) groups excluding carboxylic acids is 3. The molecular formula is C13H18N2O7. The summed E-state index contributed by atoms with van der Waals surface area (Å²) in [5.74, 6) is -1.87. The Balaban J connectivity index is 2.06. The van der Waals surface area contributed by atoms with E-state index in [9.17, 15) is 19.5 Å². The first-order valence-electron chi connectivity index (χ1n) is 6.78. The summed E-state index contributed by atoms with van der Waals surface area (Å²) in [4.78, 5) is 36.0. The molecule has 9 nitrogen and oxygen atoms in total. The van der Waals surface area contributed by atoms with Gasteiger partial charge in [0.25, 0.3) is 0 Å². The van der Waals surface area contributed by atoms with E-state index in [1.807, 2.05) is 0 Å². The minimum absolute atomic E-state index is 0.00764. The average Bonchev–Trinajstić information content (AvgIpc) is 2.86. The Morgan fingerprint density at radius 3 is 2.86 bits per heavy atom. The molecule has 0 aromatic rings. The summed E-state index contributed by atoms with van der Waals surface area (Å²) >= 11 is 0. The average molecular weight is 314 g/mol. The molecule has 4 atom stereocenters. The van der Waals surface area contributed by atoms with Crippen LogP contribution in [0.2, 0.25) is 0 Å². The molecule has 2 rings (SSSR count). The van der Waals surface area contributed by atoms with Gasteiger partial charge in [0.05, 0.1) is 25.7 Å². The molecule has 2 aliphatic heterocycles. The van der Waals surface area contributed by atoms with Crippen LogP contribution >= 0.6 is 0 Å². The predicted octanol–water partition coefficient (Wildman–Crippen LogP) is -1.65. The number of urea groups is 1. The van der Waals surface area contributed by atoms with Crippen LogP contribution in [0.25, 0.3) is 0 Å². The van der Waals surface area contributed by atoms with Crippen LogP contribution < -0.4 is 5.32 Å². The summed E-state index contributed by atoms with van der Waals surface area (Å²) in [6.07, 6.45) is 0.202. The number of rotatable bonds is 4. The quantitative estimate of drug-likeness (QED) is 0.419. The van der Waals surface area contributed by atoms with E-state index in [1.165, 1.54) is 18.1 Å². The highest BCUT2D eigenvalue weighted by atomic mass is 16.5. The fourth-order valence-corrected chi connectivity index (χ4v) is 2.38. The predicted molar refractivity (Wildman–Crippen MR) is 71.3 cm³/mol. The Labute approximate surface area is 126 Å². The van der Waals surface area contributed by atoms with Crippen molar-refractivity contribution in [2.45, 2.75) is 24.9 Å². The Morgan fingerprint density at radius 2 is 2.27 bits per heavy atom. The standard InChI is InChI=1S/C13H18N2O7/c1-21-11(18)3-2-7-5-15(13(20)14-12(7)19)10-4-8(17)9(6-16)22-10/h2-3,7-10,16-17H,4-6H2,1H3,(H,14,19,20)/b3-2+/t7?,8-,9+,10+/m0/s1. The van der Waals surface area contributed by atoms with E-state index in [4.69, 9.17) is 9.84 Å². The second kappa shape index (κ2) is 6.86. The van der Waals surface area contributed by atoms with Gasteiger partial charge in [0, 0.05) is 19.0 Å². The molecule has 22 heavy (non-hydrogen) atoms. The van der Waals surface area contributed by atoms with Crippen LogP contribution in [0, 0.1) is 5.92 Å². The van der Waals surface area contributed by atoms with E-state index < -0.39 is 42.3 Å². The van der Waals surface area contributed by atoms with E-state index in [1.54, 1.807) is 0 Å². The maximum Gasteiger partial charge on any atom is 0.330 e. The normalized spacial score (nSPS) is 32.4. The molecule has 2 heterocycles. The highest BCUT2D eigenvalue weighted by Gasteiger charge is 2.42. The van der Waals surface area contributed by atoms with Crippen molar-refractivity contribution < 1.29 is 34.1 Å². The van der Waals surface area contributed by atoms with E-state index in [-0.39, 0.29) is 19.6 Å². The van der Waals surface area contributed by atoms with Gasteiger partial charge in [-0.05, 0) is 0 Å². The van der Waals surface area contributed by atoms with Gasteiger partial charge in [0.1, 0.15) is 12.3 Å². The minimum atomic E-state index is -0.885. The molecule has 2 fully saturated rings. The number of aliphatic hydroxyl groups excluding tert-OH is 2. The molecule has 0 bridgehead atoms. The van der Waals surface area contributed by atoms with Crippen molar-refractivity contribution in [3.8, 4) is 0 Å². The number of nitrogens with zero attached hydrogens (tertiary/aromatic N) is 1. The lowest BCUT2D eigenvalue weighted by Gasteiger charge is -2.34. The van der Waals surface area contributed by atoms with E-state index in [0.29, 0.717) is 0 Å². The molecule has 2 saturated heterocycles. The van der Waals surface area contributed by atoms with Gasteiger partial charge in [-0.2, -0.15) is 0 Å². The number of hydrogen-bond donors (Lipinski definition) is 3. The number of amides is 3. The number of methoxy groups -OCH3 is 1. The first-order valence-corrected chi connectivity index (χ1v) is 6.78. The summed E-state index contributed by atoms with van der Waals surface area (Å²) < 4.78 is 9.84. The maximum absolute atomic E-state index is 11.9. The first kappa shape index (κ1) is 16.4. The van der Waals surface area contributed by atoms with Crippen LogP contribution in [0.5, 0.6) is 0 Å². The van der Waals surface area contributed by atoms with Crippen molar-refractivity contribution >= 4 is 17.9 Å². The van der Waals surface area contributed by atoms with Crippen molar-refractivity contribution in [1.29, 1.82) is 0 Å². The molecule has 3 amide bonds. The lowest BCUT2D eigenvalue weighted by molar-refractivity contribution is -0.134. The summed E-state index contributed by atoms with van der Waals surface area (Å²) in [7, 11) is 1.21. The zero-order valence-corrected chi connectivity index (χ0v) is 12.0. The van der Waals surface area contributed by atoms with Gasteiger partial charge in [-0.1, -0.05) is 6.08 Å². The van der Waals surface area contributed by atoms with Gasteiger partial charge in [-0.25, -0.2) is 9.59 Å². The van der Waals surface area contributed by atoms with Gasteiger partial charge in [0.15, 0.2) is 0 Å². The molecule has 122 valence electrons. The summed E-state index contributed by atoms with van der Waals surface area (Å²) in [6.45, 7) is -0.356. The number of carbonyl (C=O) groups is 3. The number of ether oxygens (including phenoxy) is 2. The molecule has 0 aromatic carbocycles. The van der Waals surface area contributed by atoms with E-state index in [2.05, 4.69) is 10.1 Å². The van der Waals surface area contributed by atoms with Gasteiger partial charge in [-0.15, -0.1) is 0 Å². The Bertz CT molecular complexity index is 493. The zero-order chi connectivity index (χ0) is 16.3. The molecule has 0 aromatic heterocycles. The SMILES string of the molecule is COC(=O)/C=C/C1CN([C@H]2C[C@H](O)[C@@H](CO)O2)C(=O)NC1=O. The van der Waals surface area contributed by atoms with Crippen LogP contribution in [0.15, 0.2) is 12.2 Å². The van der Waals surface area contributed by atoms with Crippen molar-refractivity contribution in [2.24, 2.45) is 5.92 Å². The molecule has 1 unspecified atom stereocenters. The molecule has 2 aliphatic rings. The lowest BCUT2D eigenvalue weighted by atomic mass is 10.0. The van der Waals surface area contributed by atoms with Crippen LogP contribution in [0.4, 0.5) is 4.79 Å². The Morgan fingerprint density at radius 1 is 1.55 bits per heavy atom. The third kappa shape index (κ3) is 3.43. The van der Waals surface area contributed by atoms with Crippen molar-refractivity contribution in [2.75, 3.05) is 20.3 Å². The number of aliphatic hydroxyl groups is 2. The topological polar surface area (TPSA) is 125 Å². The van der Waals surface area contributed by atoms with Crippen molar-refractivity contribution in [3.63, 3.8) is 0 Å². The van der Waals surface area contributed by atoms with Crippen LogP contribution in [-0.2, 0) is 19.1 Å². The molecular weight excluding hydrogens is 296 g/mol. The number of nitrogens with one attached hydrogen (secondary N) is 1. The highest BCUT2D eigenvalue weighted by molar-refractivity contribution is 5.99. The number of esters is 1. The highest BCUT2D eigenvalue weighted by Crippen LogP contribution is 2.25. The summed E-state index contributed by atoms with van der Waals surface area (Å²) in [5, 5.41) is 20.9. The van der Waals surface area contributed by atoms with E-state index in [0.717, 1.165) is 6.08 Å². The van der Waals surface area contributed by atoms with Crippen molar-refractivity contribution in [3.05, 3.63) is 12.2 Å². The van der Waals surface area contributed by atoms with Crippen LogP contribution in [-0.4, -0.2) is 71.7 Å². The second-order valence-electron chi connectivity index (χ2n) is 5.05. The minimum Gasteiger partial charge on any atom is -0.466 e. The van der Waals surface area contributed by atoms with Gasteiger partial charge < -0.3 is 19.7 Å². The molecule has 3 N–H and O–H groups in total. The molecule has 0 radical (unpaired) electrons. The van der Waals surface area contributed by atoms with Gasteiger partial charge in [-0.3, -0.25) is 15.0 Å². The fraction of sp³-hybridized carbons (Fsp3) is 0.615. The third-order valence-corrected chi connectivity index (χ3v) is 3.62. The molecule has 9 heteroatoms. The largest absolute Gasteiger partial charge is 0.466 e. The fourth-order valence-electron chi connectivity index (χ4n) is 2.38. The lowest BCUT2D eigenvalue weighted by Crippen LogP contribution is -2.57. The van der Waals surface area contributed by atoms with Gasteiger partial charge in [0.2, 0.25) is 5.91 Å². The first-order chi connectivity index (χ1) is 10.5. The summed E-state index contributed by atoms with van der Waals surface area (Å²) in [6, 6.07) is -0.636. The molecule has 0 saturated carbocycles. The molecule has 0 aliphatic carbocycles. The van der Waals surface area contributed by atoms with Gasteiger partial charge >= 0.3 is 12.0 Å². The summed E-state index contributed by atoms with van der Waals surface area (Å²) in [5.41, 5.74) is 0. The number of imide groups is 1. The molecule has 0 spiro atoms. The third-order valence-electron chi connectivity index (χ3n) is 3.62. The zero-order valence-electron chi connectivity index (χ0n) is 12.0. The monoisotopic (exact) mass is 314 g/mol. The number of hydrogen-bond acceptors (Lipinski definition) is 7. The Kier molecular flexibility index (Phi) is 5.11. The van der Waals surface area contributed by atoms with Crippen molar-refractivity contribution in [1.82, 2.24) is 10.2 Å². The smallest absolute Gasteiger partial charge is 0.330 e. The maximum atomic E-state index is 11.9. The second-order valence-corrected chi connectivity index (χ2v) is 5.05. The Hall–Kier alpha value is -1.97. The van der Waals surface area contributed by atoms with Crippen LogP contribution in [0.3, 0.4) is 0 Å². The van der Waals surface area contributed by atoms with E-state index >= 15 is 0 Å².